The number of nitriles is 1. The zero-order chi connectivity index (χ0) is 13.6. The third kappa shape index (κ3) is 4.58. The maximum absolute atomic E-state index is 11.8. The molecular formula is C13H14N2O2S. The summed E-state index contributed by atoms with van der Waals surface area (Å²) in [5.41, 5.74) is 1.14. The monoisotopic (exact) mass is 262 g/mol. The van der Waals surface area contributed by atoms with Crippen molar-refractivity contribution in [3.05, 3.63) is 35.4 Å². The minimum absolute atomic E-state index is 0.117. The van der Waals surface area contributed by atoms with Gasteiger partial charge < -0.3 is 0 Å². The minimum atomic E-state index is -3.40. The number of nitrogens with one attached hydrogen (secondary N) is 1. The predicted molar refractivity (Wildman–Crippen MR) is 69.8 cm³/mol. The van der Waals surface area contributed by atoms with Crippen molar-refractivity contribution in [2.75, 3.05) is 0 Å². The Kier molecular flexibility index (Phi) is 4.91. The SMILES string of the molecule is C#CCC(C)NS(=O)(=O)Cc1ccc(C#N)cc1. The van der Waals surface area contributed by atoms with Crippen molar-refractivity contribution >= 4 is 10.0 Å². The Bertz CT molecular complexity index is 577. The van der Waals surface area contributed by atoms with Gasteiger partial charge in [-0.15, -0.1) is 12.3 Å². The summed E-state index contributed by atoms with van der Waals surface area (Å²) in [4.78, 5) is 0. The summed E-state index contributed by atoms with van der Waals surface area (Å²) in [6, 6.07) is 8.14. The van der Waals surface area contributed by atoms with Crippen LogP contribution >= 0.6 is 0 Å². The second kappa shape index (κ2) is 6.20. The summed E-state index contributed by atoms with van der Waals surface area (Å²) < 4.78 is 26.1. The van der Waals surface area contributed by atoms with E-state index in [9.17, 15) is 8.42 Å². The van der Waals surface area contributed by atoms with Crippen molar-refractivity contribution < 1.29 is 8.42 Å². The summed E-state index contributed by atoms with van der Waals surface area (Å²) in [5.74, 6) is 2.29. The van der Waals surface area contributed by atoms with Gasteiger partial charge in [0.1, 0.15) is 0 Å². The zero-order valence-electron chi connectivity index (χ0n) is 10.1. The van der Waals surface area contributed by atoms with E-state index in [1.165, 1.54) is 0 Å². The molecule has 1 atom stereocenters. The summed E-state index contributed by atoms with van der Waals surface area (Å²) in [6.07, 6.45) is 5.47. The van der Waals surface area contributed by atoms with Gasteiger partial charge in [-0.3, -0.25) is 0 Å². The third-order valence-corrected chi connectivity index (χ3v) is 3.72. The first-order valence-electron chi connectivity index (χ1n) is 5.39. The third-order valence-electron chi connectivity index (χ3n) is 2.24. The molecule has 0 fully saturated rings. The van der Waals surface area contributed by atoms with Crippen molar-refractivity contribution in [3.63, 3.8) is 0 Å². The van der Waals surface area contributed by atoms with Gasteiger partial charge in [-0.05, 0) is 24.6 Å². The molecule has 0 saturated carbocycles. The Morgan fingerprint density at radius 2 is 2.00 bits per heavy atom. The van der Waals surface area contributed by atoms with Gasteiger partial charge in [-0.2, -0.15) is 5.26 Å². The summed E-state index contributed by atoms with van der Waals surface area (Å²) >= 11 is 0. The van der Waals surface area contributed by atoms with Crippen LogP contribution in [0.3, 0.4) is 0 Å². The van der Waals surface area contributed by atoms with E-state index in [0.717, 1.165) is 0 Å². The maximum Gasteiger partial charge on any atom is 0.216 e. The van der Waals surface area contributed by atoms with Crippen LogP contribution in [-0.4, -0.2) is 14.5 Å². The largest absolute Gasteiger partial charge is 0.216 e. The number of hydrogen-bond acceptors (Lipinski definition) is 3. The predicted octanol–water partition coefficient (Wildman–Crippen LogP) is 1.39. The van der Waals surface area contributed by atoms with E-state index in [1.54, 1.807) is 31.2 Å². The molecule has 0 aromatic heterocycles. The van der Waals surface area contributed by atoms with Gasteiger partial charge in [0.15, 0.2) is 0 Å². The van der Waals surface area contributed by atoms with Gasteiger partial charge in [-0.1, -0.05) is 12.1 Å². The molecule has 0 heterocycles. The van der Waals surface area contributed by atoms with Crippen LogP contribution in [0, 0.1) is 23.7 Å². The highest BCUT2D eigenvalue weighted by molar-refractivity contribution is 7.88. The van der Waals surface area contributed by atoms with Gasteiger partial charge in [0.2, 0.25) is 10.0 Å². The lowest BCUT2D eigenvalue weighted by molar-refractivity contribution is 0.563. The topological polar surface area (TPSA) is 70.0 Å². The van der Waals surface area contributed by atoms with Gasteiger partial charge in [0.05, 0.1) is 17.4 Å². The molecule has 1 aromatic carbocycles. The molecule has 1 aromatic rings. The van der Waals surface area contributed by atoms with E-state index in [4.69, 9.17) is 11.7 Å². The maximum atomic E-state index is 11.8. The fourth-order valence-corrected chi connectivity index (χ4v) is 2.87. The number of rotatable bonds is 5. The van der Waals surface area contributed by atoms with Crippen LogP contribution in [0.2, 0.25) is 0 Å². The molecule has 1 unspecified atom stereocenters. The Balaban J connectivity index is 2.71. The molecule has 0 aliphatic carbocycles. The lowest BCUT2D eigenvalue weighted by Crippen LogP contribution is -2.33. The fourth-order valence-electron chi connectivity index (χ4n) is 1.46. The minimum Gasteiger partial charge on any atom is -0.212 e. The molecule has 0 aliphatic rings. The highest BCUT2D eigenvalue weighted by Gasteiger charge is 2.14. The molecule has 1 N–H and O–H groups in total. The van der Waals surface area contributed by atoms with E-state index in [1.807, 2.05) is 6.07 Å². The second-order valence-corrected chi connectivity index (χ2v) is 5.75. The number of sulfonamides is 1. The van der Waals surface area contributed by atoms with Crippen LogP contribution in [0.25, 0.3) is 0 Å². The normalized spacial score (nSPS) is 12.4. The summed E-state index contributed by atoms with van der Waals surface area (Å²) in [6.45, 7) is 1.72. The molecule has 0 bridgehead atoms. The van der Waals surface area contributed by atoms with Gasteiger partial charge in [0, 0.05) is 12.5 Å². The smallest absolute Gasteiger partial charge is 0.212 e. The number of terminal acetylenes is 1. The highest BCUT2D eigenvalue weighted by Crippen LogP contribution is 2.08. The first-order valence-corrected chi connectivity index (χ1v) is 7.04. The molecule has 18 heavy (non-hydrogen) atoms. The van der Waals surface area contributed by atoms with Crippen LogP contribution in [0.4, 0.5) is 0 Å². The quantitative estimate of drug-likeness (QED) is 0.815. The lowest BCUT2D eigenvalue weighted by Gasteiger charge is -2.11. The van der Waals surface area contributed by atoms with Crippen LogP contribution in [0.15, 0.2) is 24.3 Å². The Hall–Kier alpha value is -1.82. The number of hydrogen-bond donors (Lipinski definition) is 1. The van der Waals surface area contributed by atoms with Crippen LogP contribution in [0.5, 0.6) is 0 Å². The van der Waals surface area contributed by atoms with Crippen molar-refractivity contribution in [3.8, 4) is 18.4 Å². The Labute approximate surface area is 108 Å². The van der Waals surface area contributed by atoms with Crippen LogP contribution in [0.1, 0.15) is 24.5 Å². The first kappa shape index (κ1) is 14.2. The highest BCUT2D eigenvalue weighted by atomic mass is 32.2. The van der Waals surface area contributed by atoms with E-state index in [2.05, 4.69) is 10.6 Å². The zero-order valence-corrected chi connectivity index (χ0v) is 10.9. The van der Waals surface area contributed by atoms with Crippen molar-refractivity contribution in [2.24, 2.45) is 0 Å². The number of benzene rings is 1. The van der Waals surface area contributed by atoms with Crippen molar-refractivity contribution in [1.29, 1.82) is 5.26 Å². The Morgan fingerprint density at radius 3 is 2.50 bits per heavy atom. The van der Waals surface area contributed by atoms with Crippen LogP contribution in [-0.2, 0) is 15.8 Å². The molecule has 4 nitrogen and oxygen atoms in total. The molecule has 1 rings (SSSR count). The van der Waals surface area contributed by atoms with Crippen LogP contribution < -0.4 is 4.72 Å². The van der Waals surface area contributed by atoms with Gasteiger partial charge >= 0.3 is 0 Å². The van der Waals surface area contributed by atoms with Crippen molar-refractivity contribution in [2.45, 2.75) is 25.1 Å². The van der Waals surface area contributed by atoms with E-state index < -0.39 is 10.0 Å². The lowest BCUT2D eigenvalue weighted by atomic mass is 10.2. The van der Waals surface area contributed by atoms with E-state index >= 15 is 0 Å². The molecule has 0 amide bonds. The molecule has 0 radical (unpaired) electrons. The van der Waals surface area contributed by atoms with E-state index in [0.29, 0.717) is 17.5 Å². The van der Waals surface area contributed by atoms with Crippen molar-refractivity contribution in [1.82, 2.24) is 4.72 Å². The average molecular weight is 262 g/mol. The molecule has 94 valence electrons. The Morgan fingerprint density at radius 1 is 1.39 bits per heavy atom. The molecule has 0 aliphatic heterocycles. The fraction of sp³-hybridized carbons (Fsp3) is 0.308. The average Bonchev–Trinajstić information content (AvgIpc) is 2.29. The second-order valence-electron chi connectivity index (χ2n) is 3.99. The molecule has 5 heteroatoms. The standard InChI is InChI=1S/C13H14N2O2S/c1-3-4-11(2)15-18(16,17)10-13-7-5-12(9-14)6-8-13/h1,5-8,11,15H,4,10H2,2H3. The van der Waals surface area contributed by atoms with E-state index in [-0.39, 0.29) is 11.8 Å². The summed E-state index contributed by atoms with van der Waals surface area (Å²) in [5, 5.41) is 8.64. The number of nitrogens with zero attached hydrogens (tertiary/aromatic N) is 1. The molecular weight excluding hydrogens is 248 g/mol. The molecule has 0 saturated heterocycles. The van der Waals surface area contributed by atoms with Gasteiger partial charge in [0.25, 0.3) is 0 Å². The summed E-state index contributed by atoms with van der Waals surface area (Å²) in [7, 11) is -3.40. The molecule has 0 spiro atoms. The first-order chi connectivity index (χ1) is 8.46. The van der Waals surface area contributed by atoms with Gasteiger partial charge in [-0.25, -0.2) is 13.1 Å².